The van der Waals surface area contributed by atoms with Gasteiger partial charge in [-0.05, 0) is 83.3 Å². The van der Waals surface area contributed by atoms with Crippen molar-refractivity contribution in [2.24, 2.45) is 0 Å². The molecule has 0 bridgehead atoms. The van der Waals surface area contributed by atoms with Crippen molar-refractivity contribution in [3.8, 4) is 33.8 Å². The number of carbonyl (C=O) groups excluding carboxylic acids is 2. The van der Waals surface area contributed by atoms with Crippen molar-refractivity contribution < 1.29 is 46.5 Å². The number of hydrogen-bond donors (Lipinski definition) is 2. The number of aryl methyl sites for hydroxylation is 2. The third-order valence-electron chi connectivity index (χ3n) is 9.13. The van der Waals surface area contributed by atoms with Crippen molar-refractivity contribution in [1.82, 2.24) is 0 Å². The number of phenols is 2. The number of carboxylic acids is 2. The summed E-state index contributed by atoms with van der Waals surface area (Å²) in [6, 6.07) is 26.0. The standard InChI is InChI=1S/2C22H28O3.Ni/c2*1-2-3-4-5-6-7-9-14-18-15-19(17-12-10-8-11-13-17)16-20(21(18)23)22(24)25;/h2*8,10-13,15-16,23H,2-7,9,14H2,1H3,(H,24,25);/q;;+2/p-2. The van der Waals surface area contributed by atoms with Crippen LogP contribution in [-0.4, -0.2) is 22.2 Å². The van der Waals surface area contributed by atoms with Crippen LogP contribution in [0.25, 0.3) is 22.3 Å². The molecule has 0 fully saturated rings. The maximum Gasteiger partial charge on any atom is 2.00 e. The molecule has 0 atom stereocenters. The van der Waals surface area contributed by atoms with Crippen molar-refractivity contribution in [3.63, 3.8) is 0 Å². The number of rotatable bonds is 20. The summed E-state index contributed by atoms with van der Waals surface area (Å²) in [6.07, 6.45) is 17.9. The minimum absolute atomic E-state index is 0. The summed E-state index contributed by atoms with van der Waals surface area (Å²) in [5.74, 6) is -2.97. The number of carboxylic acid groups (broad SMARTS) is 2. The topological polar surface area (TPSA) is 121 Å². The molecule has 0 amide bonds. The van der Waals surface area contributed by atoms with Crippen molar-refractivity contribution in [2.75, 3.05) is 0 Å². The normalized spacial score (nSPS) is 10.5. The monoisotopic (exact) mass is 736 g/mol. The fourth-order valence-electron chi connectivity index (χ4n) is 6.22. The molecule has 0 heterocycles. The minimum Gasteiger partial charge on any atom is -0.545 e. The molecular formula is C44H54NiO6. The smallest absolute Gasteiger partial charge is 0.545 e. The maximum absolute atomic E-state index is 11.4. The van der Waals surface area contributed by atoms with E-state index in [2.05, 4.69) is 13.8 Å². The first-order chi connectivity index (χ1) is 24.3. The Labute approximate surface area is 314 Å². The van der Waals surface area contributed by atoms with E-state index in [1.165, 1.54) is 76.3 Å². The van der Waals surface area contributed by atoms with Gasteiger partial charge in [0.15, 0.2) is 0 Å². The van der Waals surface area contributed by atoms with E-state index in [4.69, 9.17) is 0 Å². The number of carbonyl (C=O) groups is 2. The van der Waals surface area contributed by atoms with Gasteiger partial charge in [0.2, 0.25) is 0 Å². The predicted octanol–water partition coefficient (Wildman–Crippen LogP) is 9.43. The summed E-state index contributed by atoms with van der Waals surface area (Å²) < 4.78 is 0. The SMILES string of the molecule is CCCCCCCCCc1cc(-c2ccccc2)cc(C(=O)[O-])c1O.CCCCCCCCCc1cc(-c2ccccc2)cc(C(=O)[O-])c1O.[Ni+2]. The molecule has 0 aromatic heterocycles. The molecule has 0 spiro atoms. The second-order valence-electron chi connectivity index (χ2n) is 13.1. The molecular weight excluding hydrogens is 683 g/mol. The van der Waals surface area contributed by atoms with Gasteiger partial charge >= 0.3 is 16.5 Å². The van der Waals surface area contributed by atoms with Gasteiger partial charge in [0.25, 0.3) is 0 Å². The first-order valence-electron chi connectivity index (χ1n) is 18.5. The van der Waals surface area contributed by atoms with E-state index in [1.54, 1.807) is 0 Å². The van der Waals surface area contributed by atoms with E-state index in [9.17, 15) is 30.0 Å². The van der Waals surface area contributed by atoms with Crippen LogP contribution in [0.2, 0.25) is 0 Å². The molecule has 0 unspecified atom stereocenters. The van der Waals surface area contributed by atoms with Gasteiger partial charge < -0.3 is 30.0 Å². The van der Waals surface area contributed by atoms with Gasteiger partial charge in [-0.15, -0.1) is 0 Å². The quantitative estimate of drug-likeness (QED) is 0.0689. The van der Waals surface area contributed by atoms with Gasteiger partial charge in [-0.25, -0.2) is 0 Å². The molecule has 7 heteroatoms. The molecule has 4 aromatic carbocycles. The van der Waals surface area contributed by atoms with Gasteiger partial charge in [0, 0.05) is 11.1 Å². The molecule has 0 aliphatic rings. The third kappa shape index (κ3) is 14.6. The number of benzene rings is 4. The Bertz CT molecular complexity index is 1480. The van der Waals surface area contributed by atoms with Crippen LogP contribution in [0.3, 0.4) is 0 Å². The van der Waals surface area contributed by atoms with Crippen LogP contribution in [0.15, 0.2) is 84.9 Å². The Kier molecular flexibility index (Phi) is 20.4. The zero-order valence-corrected chi connectivity index (χ0v) is 31.2. The fourth-order valence-corrected chi connectivity index (χ4v) is 6.22. The molecule has 276 valence electrons. The van der Waals surface area contributed by atoms with E-state index in [0.717, 1.165) is 47.9 Å². The first-order valence-corrected chi connectivity index (χ1v) is 18.5. The second kappa shape index (κ2) is 24.2. The Morgan fingerprint density at radius 2 is 0.784 bits per heavy atom. The molecule has 51 heavy (non-hydrogen) atoms. The van der Waals surface area contributed by atoms with E-state index >= 15 is 0 Å². The molecule has 0 aliphatic heterocycles. The number of hydrogen-bond acceptors (Lipinski definition) is 6. The van der Waals surface area contributed by atoms with Crippen LogP contribution in [0.4, 0.5) is 0 Å². The fraction of sp³-hybridized carbons (Fsp3) is 0.409. The second-order valence-corrected chi connectivity index (χ2v) is 13.1. The average Bonchev–Trinajstić information content (AvgIpc) is 3.12. The Balaban J connectivity index is 0.000000347. The number of aromatic carboxylic acids is 2. The van der Waals surface area contributed by atoms with Gasteiger partial charge in [-0.3, -0.25) is 0 Å². The summed E-state index contributed by atoms with van der Waals surface area (Å²) in [5.41, 5.74) is 4.60. The van der Waals surface area contributed by atoms with Crippen molar-refractivity contribution in [1.29, 1.82) is 0 Å². The molecule has 0 saturated carbocycles. The molecule has 0 saturated heterocycles. The number of unbranched alkanes of at least 4 members (excludes halogenated alkanes) is 12. The summed E-state index contributed by atoms with van der Waals surface area (Å²) in [4.78, 5) is 22.7. The number of aromatic hydroxyl groups is 2. The summed E-state index contributed by atoms with van der Waals surface area (Å²) in [7, 11) is 0. The van der Waals surface area contributed by atoms with Gasteiger partial charge in [-0.2, -0.15) is 0 Å². The van der Waals surface area contributed by atoms with Gasteiger partial charge in [0.1, 0.15) is 11.5 Å². The van der Waals surface area contributed by atoms with Crippen molar-refractivity contribution in [3.05, 3.63) is 107 Å². The molecule has 4 rings (SSSR count). The van der Waals surface area contributed by atoms with E-state index in [-0.39, 0.29) is 39.1 Å². The first kappa shape index (κ1) is 43.1. The summed E-state index contributed by atoms with van der Waals surface area (Å²) >= 11 is 0. The summed E-state index contributed by atoms with van der Waals surface area (Å²) in [5, 5.41) is 43.3. The zero-order chi connectivity index (χ0) is 36.1. The molecule has 6 nitrogen and oxygen atoms in total. The zero-order valence-electron chi connectivity index (χ0n) is 30.2. The Morgan fingerprint density at radius 3 is 1.10 bits per heavy atom. The van der Waals surface area contributed by atoms with Crippen LogP contribution in [0, 0.1) is 0 Å². The van der Waals surface area contributed by atoms with Crippen molar-refractivity contribution in [2.45, 2.75) is 117 Å². The van der Waals surface area contributed by atoms with Gasteiger partial charge in [-0.1, -0.05) is 152 Å². The molecule has 4 aromatic rings. The van der Waals surface area contributed by atoms with E-state index in [1.807, 2.05) is 72.8 Å². The predicted molar refractivity (Wildman–Crippen MR) is 199 cm³/mol. The largest absolute Gasteiger partial charge is 2.00 e. The Morgan fingerprint density at radius 1 is 0.471 bits per heavy atom. The van der Waals surface area contributed by atoms with Crippen LogP contribution < -0.4 is 10.2 Å². The molecule has 0 radical (unpaired) electrons. The maximum atomic E-state index is 11.4. The third-order valence-corrected chi connectivity index (χ3v) is 9.13. The molecule has 2 N–H and O–H groups in total. The summed E-state index contributed by atoms with van der Waals surface area (Å²) in [6.45, 7) is 4.41. The van der Waals surface area contributed by atoms with Crippen LogP contribution in [-0.2, 0) is 29.3 Å². The van der Waals surface area contributed by atoms with Crippen molar-refractivity contribution >= 4 is 11.9 Å². The van der Waals surface area contributed by atoms with Gasteiger partial charge in [0.05, 0.1) is 11.9 Å². The van der Waals surface area contributed by atoms with E-state index < -0.39 is 11.9 Å². The van der Waals surface area contributed by atoms with E-state index in [0.29, 0.717) is 24.0 Å². The Hall–Kier alpha value is -4.09. The van der Waals surface area contributed by atoms with Crippen LogP contribution in [0.5, 0.6) is 11.5 Å². The minimum atomic E-state index is -1.34. The molecule has 0 aliphatic carbocycles. The van der Waals surface area contributed by atoms with Crippen LogP contribution >= 0.6 is 0 Å². The average molecular weight is 738 g/mol. The van der Waals surface area contributed by atoms with Crippen LogP contribution in [0.1, 0.15) is 136 Å².